The molecule has 0 aliphatic heterocycles. The Hall–Kier alpha value is -1.10. The molecule has 102 valence electrons. The van der Waals surface area contributed by atoms with Gasteiger partial charge in [0.05, 0.1) is 12.0 Å². The fourth-order valence-electron chi connectivity index (χ4n) is 2.72. The molecule has 0 bridgehead atoms. The number of rotatable bonds is 5. The van der Waals surface area contributed by atoms with Gasteiger partial charge in [-0.1, -0.05) is 19.3 Å². The molecule has 5 heteroatoms. The molecule has 2 rings (SSSR count). The number of amides is 1. The highest BCUT2D eigenvalue weighted by atomic mass is 16.5. The fraction of sp³-hybridized carbons (Fsp3) is 0.846. The zero-order chi connectivity index (χ0) is 13.2. The van der Waals surface area contributed by atoms with Gasteiger partial charge < -0.3 is 15.2 Å². The lowest BCUT2D eigenvalue weighted by molar-refractivity contribution is -0.149. The van der Waals surface area contributed by atoms with Gasteiger partial charge in [-0.15, -0.1) is 0 Å². The largest absolute Gasteiger partial charge is 0.480 e. The van der Waals surface area contributed by atoms with Gasteiger partial charge in [-0.3, -0.25) is 4.79 Å². The van der Waals surface area contributed by atoms with E-state index in [1.54, 1.807) is 0 Å². The molecular weight excluding hydrogens is 234 g/mol. The molecule has 2 unspecified atom stereocenters. The van der Waals surface area contributed by atoms with Gasteiger partial charge in [0.15, 0.2) is 0 Å². The summed E-state index contributed by atoms with van der Waals surface area (Å²) in [4.78, 5) is 23.4. The number of ether oxygens (including phenoxy) is 1. The predicted octanol–water partition coefficient (Wildman–Crippen LogP) is 1.32. The molecule has 2 aliphatic carbocycles. The van der Waals surface area contributed by atoms with Crippen molar-refractivity contribution >= 4 is 11.9 Å². The Balaban J connectivity index is 1.93. The Morgan fingerprint density at radius 1 is 1.33 bits per heavy atom. The molecule has 2 saturated carbocycles. The predicted molar refractivity (Wildman–Crippen MR) is 65.1 cm³/mol. The van der Waals surface area contributed by atoms with Crippen LogP contribution >= 0.6 is 0 Å². The minimum Gasteiger partial charge on any atom is -0.480 e. The zero-order valence-electron chi connectivity index (χ0n) is 10.8. The lowest BCUT2D eigenvalue weighted by Crippen LogP contribution is -2.56. The van der Waals surface area contributed by atoms with Gasteiger partial charge in [0, 0.05) is 6.61 Å². The molecule has 1 amide bonds. The smallest absolute Gasteiger partial charge is 0.329 e. The highest BCUT2D eigenvalue weighted by Crippen LogP contribution is 2.36. The summed E-state index contributed by atoms with van der Waals surface area (Å²) in [5.41, 5.74) is -1.03. The Bertz CT molecular complexity index is 336. The Kier molecular flexibility index (Phi) is 3.90. The van der Waals surface area contributed by atoms with Crippen LogP contribution in [0.2, 0.25) is 0 Å². The SMILES string of the molecule is CCOC1CC1C(=O)NC1(C(=O)O)CCCCC1. The van der Waals surface area contributed by atoms with Crippen molar-refractivity contribution in [2.24, 2.45) is 5.92 Å². The van der Waals surface area contributed by atoms with E-state index in [0.717, 1.165) is 25.7 Å². The van der Waals surface area contributed by atoms with Gasteiger partial charge >= 0.3 is 5.97 Å². The highest BCUT2D eigenvalue weighted by Gasteiger charge is 2.48. The Labute approximate surface area is 107 Å². The number of nitrogens with one attached hydrogen (secondary N) is 1. The quantitative estimate of drug-likeness (QED) is 0.776. The first-order valence-corrected chi connectivity index (χ1v) is 6.76. The van der Waals surface area contributed by atoms with Crippen molar-refractivity contribution < 1.29 is 19.4 Å². The summed E-state index contributed by atoms with van der Waals surface area (Å²) >= 11 is 0. The molecule has 5 nitrogen and oxygen atoms in total. The van der Waals surface area contributed by atoms with Crippen LogP contribution in [-0.2, 0) is 14.3 Å². The summed E-state index contributed by atoms with van der Waals surface area (Å²) in [6.07, 6.45) is 4.58. The van der Waals surface area contributed by atoms with E-state index in [1.165, 1.54) is 0 Å². The fourth-order valence-corrected chi connectivity index (χ4v) is 2.72. The maximum atomic E-state index is 12.0. The van der Waals surface area contributed by atoms with E-state index < -0.39 is 11.5 Å². The van der Waals surface area contributed by atoms with Crippen LogP contribution in [0.25, 0.3) is 0 Å². The van der Waals surface area contributed by atoms with Gasteiger partial charge in [0.2, 0.25) is 5.91 Å². The third-order valence-corrected chi connectivity index (χ3v) is 3.93. The topological polar surface area (TPSA) is 75.6 Å². The van der Waals surface area contributed by atoms with E-state index in [-0.39, 0.29) is 17.9 Å². The third kappa shape index (κ3) is 2.66. The van der Waals surface area contributed by atoms with Crippen LogP contribution in [0.5, 0.6) is 0 Å². The Morgan fingerprint density at radius 3 is 2.56 bits per heavy atom. The normalized spacial score (nSPS) is 29.6. The lowest BCUT2D eigenvalue weighted by Gasteiger charge is -2.34. The van der Waals surface area contributed by atoms with Crippen molar-refractivity contribution in [3.05, 3.63) is 0 Å². The average Bonchev–Trinajstić information content (AvgIpc) is 3.10. The molecule has 0 saturated heterocycles. The first-order valence-electron chi connectivity index (χ1n) is 6.76. The number of hydrogen-bond donors (Lipinski definition) is 2. The molecule has 0 aromatic heterocycles. The second-order valence-corrected chi connectivity index (χ2v) is 5.27. The maximum absolute atomic E-state index is 12.0. The first kappa shape index (κ1) is 13.3. The van der Waals surface area contributed by atoms with Crippen molar-refractivity contribution in [3.8, 4) is 0 Å². The van der Waals surface area contributed by atoms with Crippen molar-refractivity contribution in [2.45, 2.75) is 57.1 Å². The van der Waals surface area contributed by atoms with Gasteiger partial charge in [-0.2, -0.15) is 0 Å². The van der Waals surface area contributed by atoms with Crippen LogP contribution in [0.3, 0.4) is 0 Å². The van der Waals surface area contributed by atoms with Crippen molar-refractivity contribution in [1.29, 1.82) is 0 Å². The second kappa shape index (κ2) is 5.26. The summed E-state index contributed by atoms with van der Waals surface area (Å²) in [7, 11) is 0. The molecule has 0 spiro atoms. The number of carbonyl (C=O) groups is 2. The van der Waals surface area contributed by atoms with E-state index >= 15 is 0 Å². The van der Waals surface area contributed by atoms with Crippen LogP contribution in [0.1, 0.15) is 45.4 Å². The second-order valence-electron chi connectivity index (χ2n) is 5.27. The molecule has 2 atom stereocenters. The first-order chi connectivity index (χ1) is 8.59. The number of hydrogen-bond acceptors (Lipinski definition) is 3. The van der Waals surface area contributed by atoms with E-state index in [4.69, 9.17) is 4.74 Å². The average molecular weight is 255 g/mol. The van der Waals surface area contributed by atoms with E-state index in [1.807, 2.05) is 6.92 Å². The summed E-state index contributed by atoms with van der Waals surface area (Å²) in [5, 5.41) is 12.1. The minimum absolute atomic E-state index is 0.00978. The van der Waals surface area contributed by atoms with Crippen LogP contribution < -0.4 is 5.32 Å². The van der Waals surface area contributed by atoms with Gasteiger partial charge in [-0.05, 0) is 26.2 Å². The van der Waals surface area contributed by atoms with Crippen LogP contribution in [-0.4, -0.2) is 35.2 Å². The molecule has 0 radical (unpaired) electrons. The van der Waals surface area contributed by atoms with Gasteiger partial charge in [0.25, 0.3) is 0 Å². The summed E-state index contributed by atoms with van der Waals surface area (Å²) in [5.74, 6) is -1.20. The number of aliphatic carboxylic acids is 1. The highest BCUT2D eigenvalue weighted by molar-refractivity contribution is 5.89. The van der Waals surface area contributed by atoms with Crippen LogP contribution in [0, 0.1) is 5.92 Å². The number of carboxylic acid groups (broad SMARTS) is 1. The molecule has 0 aromatic rings. The molecule has 0 aromatic carbocycles. The molecular formula is C13H21NO4. The number of carboxylic acids is 1. The standard InChI is InChI=1S/C13H21NO4/c1-2-18-10-8-9(10)11(15)14-13(12(16)17)6-4-3-5-7-13/h9-10H,2-8H2,1H3,(H,14,15)(H,16,17). The summed E-state index contributed by atoms with van der Waals surface area (Å²) in [6, 6.07) is 0. The number of carbonyl (C=O) groups excluding carboxylic acids is 1. The monoisotopic (exact) mass is 255 g/mol. The van der Waals surface area contributed by atoms with E-state index in [0.29, 0.717) is 19.4 Å². The molecule has 0 heterocycles. The van der Waals surface area contributed by atoms with Crippen molar-refractivity contribution in [3.63, 3.8) is 0 Å². The third-order valence-electron chi connectivity index (χ3n) is 3.93. The summed E-state index contributed by atoms with van der Waals surface area (Å²) < 4.78 is 5.36. The van der Waals surface area contributed by atoms with Crippen LogP contribution in [0.15, 0.2) is 0 Å². The molecule has 2 aliphatic rings. The zero-order valence-corrected chi connectivity index (χ0v) is 10.8. The molecule has 2 N–H and O–H groups in total. The maximum Gasteiger partial charge on any atom is 0.329 e. The molecule has 2 fully saturated rings. The Morgan fingerprint density at radius 2 is 2.00 bits per heavy atom. The minimum atomic E-state index is -1.03. The van der Waals surface area contributed by atoms with E-state index in [9.17, 15) is 14.7 Å². The van der Waals surface area contributed by atoms with Gasteiger partial charge in [0.1, 0.15) is 5.54 Å². The van der Waals surface area contributed by atoms with Gasteiger partial charge in [-0.25, -0.2) is 4.79 Å². The molecule has 18 heavy (non-hydrogen) atoms. The van der Waals surface area contributed by atoms with E-state index in [2.05, 4.69) is 5.32 Å². The van der Waals surface area contributed by atoms with Crippen molar-refractivity contribution in [1.82, 2.24) is 5.32 Å². The lowest BCUT2D eigenvalue weighted by atomic mass is 9.81. The summed E-state index contributed by atoms with van der Waals surface area (Å²) in [6.45, 7) is 2.49. The van der Waals surface area contributed by atoms with Crippen molar-refractivity contribution in [2.75, 3.05) is 6.61 Å². The van der Waals surface area contributed by atoms with Crippen LogP contribution in [0.4, 0.5) is 0 Å².